The Labute approximate surface area is 606 Å². The summed E-state index contributed by atoms with van der Waals surface area (Å²) in [4.78, 5) is 45.1. The zero-order valence-corrected chi connectivity index (χ0v) is 62.2. The van der Waals surface area contributed by atoms with E-state index >= 15 is 0 Å². The molecule has 2 atom stereocenters. The van der Waals surface area contributed by atoms with Gasteiger partial charge in [0, 0.05) is 109 Å². The van der Waals surface area contributed by atoms with E-state index in [1.54, 1.807) is 26.0 Å². The maximum atomic E-state index is 13.0. The zero-order valence-electron chi connectivity index (χ0n) is 56.8. The average Bonchev–Trinajstić information content (AvgIpc) is 1.98. The van der Waals surface area contributed by atoms with Gasteiger partial charge in [0.25, 0.3) is 5.91 Å². The molecule has 0 fully saturated rings. The van der Waals surface area contributed by atoms with Gasteiger partial charge in [-0.3, -0.25) is 4.79 Å². The maximum absolute atomic E-state index is 13.0. The van der Waals surface area contributed by atoms with Crippen LogP contribution in [0.4, 0.5) is 17.1 Å². The van der Waals surface area contributed by atoms with Gasteiger partial charge >= 0.3 is 63.3 Å². The standard InChI is InChI=1S/C28H37ClN4O3.C18H27N3O.C13H18ClNO3.C10H12ClNO3.K.H2O/c1-17(2)36-25-15-23(30)21(14-22(25)29)26(35)31-20(11-12-34)13-18-7-9-19(10-8-18)24-16-33(6)27(32-24)28(3,4)5;1-18(2,3)17-20-16(12-21(17)4)14-7-5-13(6-8-14)11-15(19)9-10-22;1-7(2)17-12-6-11(15)9(5-10(12)14)13(16)18-8(3)4;1-5(2)15-9-4-8(12)6(10(13)14)3-7(9)11;;/h7-10,14-17,20,34H,11-13,30H2,1-6H3,(H,31,35);5-8,12,15,22H,9-11,19H2,1-4H3;5-8H,15H2,1-4H3;3-5H,12H2,1-2H3,(H,13,14);;1H2/q;;;;+1;/p-1/t20-;15-;;;;/m11..../s1. The maximum Gasteiger partial charge on any atom is 1.00 e. The molecule has 0 aliphatic carbocycles. The van der Waals surface area contributed by atoms with Crippen LogP contribution in [0, 0.1) is 0 Å². The van der Waals surface area contributed by atoms with Gasteiger partial charge in [-0.25, -0.2) is 19.6 Å². The van der Waals surface area contributed by atoms with Gasteiger partial charge in [-0.15, -0.1) is 0 Å². The molecule has 0 spiro atoms. The second kappa shape index (κ2) is 38.0. The summed E-state index contributed by atoms with van der Waals surface area (Å²) < 4.78 is 25.7. The van der Waals surface area contributed by atoms with Crippen molar-refractivity contribution in [2.24, 2.45) is 19.8 Å². The fourth-order valence-corrected chi connectivity index (χ4v) is 9.93. The number of imidazole rings is 2. The molecule has 0 radical (unpaired) electrons. The third-order valence-corrected chi connectivity index (χ3v) is 14.2. The number of hydrogen-bond acceptors (Lipinski definition) is 16. The molecule has 1 amide bonds. The van der Waals surface area contributed by atoms with E-state index in [-0.39, 0.29) is 156 Å². The molecule has 504 valence electrons. The first-order valence-electron chi connectivity index (χ1n) is 30.2. The number of nitrogens with zero attached hydrogens (tertiary/aromatic N) is 4. The van der Waals surface area contributed by atoms with Crippen molar-refractivity contribution >= 4 is 69.7 Å². The summed E-state index contributed by atoms with van der Waals surface area (Å²) in [5.41, 5.74) is 30.9. The summed E-state index contributed by atoms with van der Waals surface area (Å²) in [5.74, 6) is 1.47. The summed E-state index contributed by atoms with van der Waals surface area (Å²) in [6.45, 7) is 27.8. The van der Waals surface area contributed by atoms with Crippen LogP contribution in [-0.2, 0) is 42.5 Å². The number of amides is 1. The SMILES string of the molecule is CC(C)OC(=O)c1cc(Cl)c(OC(C)C)cc1N.CC(C)Oc1cc(N)c(C(=O)N[C@H](CCO)Cc2ccc(-c3cn(C)c(C(C)(C)C)n3)cc2)cc1Cl.CC(C)Oc1cc(N)c(C(=O)O)cc1Cl.Cn1cc(-c2ccc(C[C@H](N)CCO)cc2)nc1C(C)(C)C.[K+].[OH-]. The normalized spacial score (nSPS) is 11.8. The minimum absolute atomic E-state index is 0. The number of ether oxygens (including phenoxy) is 4. The number of esters is 1. The largest absolute Gasteiger partial charge is 1.00 e. The van der Waals surface area contributed by atoms with Crippen molar-refractivity contribution in [1.29, 1.82) is 0 Å². The quantitative estimate of drug-likeness (QED) is 0.0188. The molecule has 2 heterocycles. The Morgan fingerprint density at radius 2 is 0.914 bits per heavy atom. The van der Waals surface area contributed by atoms with Crippen LogP contribution >= 0.6 is 34.8 Å². The van der Waals surface area contributed by atoms with Gasteiger partial charge < -0.3 is 77.1 Å². The van der Waals surface area contributed by atoms with E-state index in [2.05, 4.69) is 86.5 Å². The number of hydrogen-bond donors (Lipinski definition) is 8. The number of carbonyl (C=O) groups excluding carboxylic acids is 2. The van der Waals surface area contributed by atoms with Gasteiger partial charge in [-0.05, 0) is 110 Å². The number of nitrogens with two attached hydrogens (primary N) is 4. The molecule has 2 aromatic heterocycles. The molecule has 7 rings (SSSR count). The Kier molecular flexibility index (Phi) is 34.0. The van der Waals surface area contributed by atoms with Crippen LogP contribution in [0.2, 0.25) is 15.1 Å². The number of carboxylic acids is 1. The number of aryl methyl sites for hydroxylation is 2. The molecular weight excluding hydrogens is 1280 g/mol. The molecular formula is C69H95Cl3KN9O11. The van der Waals surface area contributed by atoms with Gasteiger partial charge in [0.1, 0.15) is 28.9 Å². The second-order valence-corrected chi connectivity index (χ2v) is 26.5. The predicted molar refractivity (Wildman–Crippen MR) is 369 cm³/mol. The minimum Gasteiger partial charge on any atom is -0.870 e. The van der Waals surface area contributed by atoms with Crippen molar-refractivity contribution < 1.29 is 106 Å². The first kappa shape index (κ1) is 83.2. The van der Waals surface area contributed by atoms with Gasteiger partial charge in [0.2, 0.25) is 0 Å². The molecule has 0 unspecified atom stereocenters. The molecule has 7 aromatic rings. The summed E-state index contributed by atoms with van der Waals surface area (Å²) in [6, 6.07) is 25.1. The molecule has 24 heteroatoms. The van der Waals surface area contributed by atoms with Crippen LogP contribution in [0.5, 0.6) is 17.2 Å². The Bertz CT molecular complexity index is 3530. The van der Waals surface area contributed by atoms with Crippen molar-refractivity contribution in [3.05, 3.63) is 152 Å². The van der Waals surface area contributed by atoms with Crippen LogP contribution in [0.1, 0.15) is 164 Å². The molecule has 0 aliphatic rings. The van der Waals surface area contributed by atoms with Crippen molar-refractivity contribution in [3.63, 3.8) is 0 Å². The first-order chi connectivity index (χ1) is 42.4. The number of carboxylic acid groups (broad SMARTS) is 1. The van der Waals surface area contributed by atoms with E-state index in [0.717, 1.165) is 46.1 Å². The zero-order chi connectivity index (χ0) is 68.4. The smallest absolute Gasteiger partial charge is 0.870 e. The monoisotopic (exact) mass is 1370 g/mol. The van der Waals surface area contributed by atoms with E-state index in [0.29, 0.717) is 52.2 Å². The first-order valence-corrected chi connectivity index (χ1v) is 31.3. The van der Waals surface area contributed by atoms with Crippen molar-refractivity contribution in [2.75, 3.05) is 30.4 Å². The van der Waals surface area contributed by atoms with Gasteiger partial charge in [-0.1, -0.05) is 125 Å². The Morgan fingerprint density at radius 3 is 1.26 bits per heavy atom. The fraction of sp³-hybridized carbons (Fsp3) is 0.435. The van der Waals surface area contributed by atoms with Gasteiger partial charge in [0.15, 0.2) is 0 Å². The predicted octanol–water partition coefficient (Wildman–Crippen LogP) is 10.3. The van der Waals surface area contributed by atoms with E-state index in [1.807, 2.05) is 86.1 Å². The molecule has 0 saturated carbocycles. The van der Waals surface area contributed by atoms with Crippen molar-refractivity contribution in [1.82, 2.24) is 24.4 Å². The van der Waals surface area contributed by atoms with Crippen LogP contribution in [0.3, 0.4) is 0 Å². The topological polar surface area (TPSA) is 331 Å². The average molecular weight is 1370 g/mol. The Morgan fingerprint density at radius 1 is 0.559 bits per heavy atom. The number of nitrogen functional groups attached to an aromatic ring is 3. The number of rotatable bonds is 21. The van der Waals surface area contributed by atoms with E-state index in [9.17, 15) is 19.5 Å². The second-order valence-electron chi connectivity index (χ2n) is 25.2. The number of aromatic nitrogens is 4. The Hall–Kier alpha value is -5.92. The Balaban J connectivity index is 0.000000446. The van der Waals surface area contributed by atoms with Gasteiger partial charge in [-0.2, -0.15) is 0 Å². The summed E-state index contributed by atoms with van der Waals surface area (Å²) in [7, 11) is 4.05. The third kappa shape index (κ3) is 26.3. The van der Waals surface area contributed by atoms with Gasteiger partial charge in [0.05, 0.1) is 67.6 Å². The van der Waals surface area contributed by atoms with Crippen LogP contribution in [-0.4, -0.2) is 107 Å². The van der Waals surface area contributed by atoms with Crippen molar-refractivity contribution in [2.45, 2.75) is 170 Å². The van der Waals surface area contributed by atoms with E-state index < -0.39 is 11.9 Å². The molecule has 0 saturated heterocycles. The third-order valence-electron chi connectivity index (χ3n) is 13.3. The molecule has 0 aliphatic heterocycles. The number of anilines is 3. The number of aromatic carboxylic acids is 1. The molecule has 93 heavy (non-hydrogen) atoms. The van der Waals surface area contributed by atoms with Crippen LogP contribution in [0.15, 0.2) is 97.3 Å². The molecule has 0 bridgehead atoms. The van der Waals surface area contributed by atoms with Crippen LogP contribution < -0.4 is 93.8 Å². The van der Waals surface area contributed by atoms with Crippen LogP contribution in [0.25, 0.3) is 22.5 Å². The number of halogens is 3. The molecule has 13 N–H and O–H groups in total. The fourth-order valence-electron chi connectivity index (χ4n) is 9.30. The number of benzene rings is 5. The summed E-state index contributed by atoms with van der Waals surface area (Å²) in [6.07, 6.45) is 6.17. The van der Waals surface area contributed by atoms with Crippen molar-refractivity contribution in [3.8, 4) is 39.8 Å². The number of aliphatic hydroxyl groups excluding tert-OH is 2. The molecule has 20 nitrogen and oxygen atoms in total. The van der Waals surface area contributed by atoms with E-state index in [1.165, 1.54) is 29.8 Å². The number of aliphatic hydroxyl groups is 2. The summed E-state index contributed by atoms with van der Waals surface area (Å²) in [5, 5.41) is 31.2. The number of carbonyl (C=O) groups is 3. The minimum atomic E-state index is -1.11. The van der Waals surface area contributed by atoms with E-state index in [4.69, 9.17) is 96.9 Å². The summed E-state index contributed by atoms with van der Waals surface area (Å²) >= 11 is 18.2. The number of nitrogens with one attached hydrogen (secondary N) is 1. The molecule has 5 aromatic carbocycles.